The fourth-order valence-electron chi connectivity index (χ4n) is 4.02. The number of sulfone groups is 1. The highest BCUT2D eigenvalue weighted by Gasteiger charge is 2.44. The van der Waals surface area contributed by atoms with E-state index >= 15 is 4.39 Å². The molecule has 0 fully saturated rings. The number of aryl methyl sites for hydroxylation is 1. The van der Waals surface area contributed by atoms with Crippen molar-refractivity contribution in [3.8, 4) is 34.6 Å². The minimum absolute atomic E-state index is 0.0118. The van der Waals surface area contributed by atoms with Crippen molar-refractivity contribution in [3.05, 3.63) is 71.8 Å². The molecule has 1 aromatic carbocycles. The van der Waals surface area contributed by atoms with Gasteiger partial charge in [0.25, 0.3) is 0 Å². The SMILES string of the molecule is COc1cccc(OC)c1-n1c(CS(=O)(=O)[C@@H](C)[C@@](C)(F)c2ncc(C#N)cn2)nnc1-c1cncc(C)c1. The monoisotopic (exact) mass is 551 g/mol. The fourth-order valence-corrected chi connectivity index (χ4v) is 5.60. The van der Waals surface area contributed by atoms with Crippen LogP contribution in [0.5, 0.6) is 11.5 Å². The molecule has 4 aromatic rings. The molecule has 0 aliphatic carbocycles. The number of nitrogens with zero attached hydrogens (tertiary/aromatic N) is 7. The summed E-state index contributed by atoms with van der Waals surface area (Å²) in [6.45, 7) is 4.20. The van der Waals surface area contributed by atoms with Gasteiger partial charge in [-0.3, -0.25) is 9.55 Å². The molecule has 2 atom stereocenters. The lowest BCUT2D eigenvalue weighted by Crippen LogP contribution is -2.39. The number of halogens is 1. The lowest BCUT2D eigenvalue weighted by atomic mass is 10.0. The highest BCUT2D eigenvalue weighted by molar-refractivity contribution is 7.91. The summed E-state index contributed by atoms with van der Waals surface area (Å²) in [5, 5.41) is 15.9. The quantitative estimate of drug-likeness (QED) is 0.303. The lowest BCUT2D eigenvalue weighted by molar-refractivity contribution is 0.174. The van der Waals surface area contributed by atoms with Crippen LogP contribution in [-0.2, 0) is 21.3 Å². The van der Waals surface area contributed by atoms with E-state index in [0.717, 1.165) is 24.9 Å². The number of aromatic nitrogens is 6. The molecule has 3 aromatic heterocycles. The minimum Gasteiger partial charge on any atom is -0.494 e. The van der Waals surface area contributed by atoms with Crippen molar-refractivity contribution < 1.29 is 22.3 Å². The zero-order valence-corrected chi connectivity index (χ0v) is 22.8. The summed E-state index contributed by atoms with van der Waals surface area (Å²) in [4.78, 5) is 12.0. The number of hydrogen-bond donors (Lipinski definition) is 0. The molecule has 0 N–H and O–H groups in total. The van der Waals surface area contributed by atoms with Crippen LogP contribution in [0.25, 0.3) is 17.1 Å². The normalized spacial score (nSPS) is 13.8. The molecule has 0 aliphatic heterocycles. The maximum atomic E-state index is 15.9. The molecular weight excluding hydrogens is 525 g/mol. The Morgan fingerprint density at radius 1 is 1.10 bits per heavy atom. The maximum Gasteiger partial charge on any atom is 0.183 e. The summed E-state index contributed by atoms with van der Waals surface area (Å²) in [5.41, 5.74) is -0.536. The Morgan fingerprint density at radius 3 is 2.31 bits per heavy atom. The number of nitriles is 1. The van der Waals surface area contributed by atoms with Gasteiger partial charge in [-0.2, -0.15) is 5.26 Å². The molecule has 4 rings (SSSR count). The van der Waals surface area contributed by atoms with E-state index in [1.807, 2.05) is 19.1 Å². The number of para-hydroxylation sites is 1. The van der Waals surface area contributed by atoms with Crippen LogP contribution in [0.3, 0.4) is 0 Å². The zero-order valence-electron chi connectivity index (χ0n) is 22.0. The van der Waals surface area contributed by atoms with Crippen LogP contribution in [0.15, 0.2) is 49.1 Å². The number of rotatable bonds is 9. The third-order valence-corrected chi connectivity index (χ3v) is 8.52. The average Bonchev–Trinajstić information content (AvgIpc) is 3.34. The molecule has 0 saturated heterocycles. The van der Waals surface area contributed by atoms with E-state index in [9.17, 15) is 8.42 Å². The van der Waals surface area contributed by atoms with Gasteiger partial charge in [0, 0.05) is 30.4 Å². The van der Waals surface area contributed by atoms with Crippen LogP contribution in [0.1, 0.15) is 36.6 Å². The summed E-state index contributed by atoms with van der Waals surface area (Å²) in [6, 6.07) is 8.79. The first-order valence-electron chi connectivity index (χ1n) is 11.7. The molecule has 0 aliphatic rings. The van der Waals surface area contributed by atoms with Crippen molar-refractivity contribution in [3.63, 3.8) is 0 Å². The van der Waals surface area contributed by atoms with Gasteiger partial charge in [0.2, 0.25) is 0 Å². The standard InChI is InChI=1S/C26H26FN7O4S/c1-16-9-19(14-29-11-16)24-33-32-22(34(24)23-20(37-4)7-6-8-21(23)38-5)15-39(35,36)17(2)26(3,27)25-30-12-18(10-28)13-31-25/h6-9,11-14,17H,15H2,1-5H3/t17-,26+/m0/s1. The van der Waals surface area contributed by atoms with Crippen LogP contribution in [0, 0.1) is 18.3 Å². The van der Waals surface area contributed by atoms with E-state index in [-0.39, 0.29) is 17.2 Å². The Balaban J connectivity index is 1.85. The predicted octanol–water partition coefficient (Wildman–Crippen LogP) is 3.50. The van der Waals surface area contributed by atoms with Crippen LogP contribution in [-0.4, -0.2) is 57.6 Å². The van der Waals surface area contributed by atoms with Crippen LogP contribution in [0.4, 0.5) is 4.39 Å². The Hall–Kier alpha value is -4.44. The third-order valence-electron chi connectivity index (χ3n) is 6.34. The molecular formula is C26H26FN7O4S. The predicted molar refractivity (Wildman–Crippen MR) is 140 cm³/mol. The van der Waals surface area contributed by atoms with E-state index in [2.05, 4.69) is 25.1 Å². The summed E-state index contributed by atoms with van der Waals surface area (Å²) in [7, 11) is -1.28. The van der Waals surface area contributed by atoms with Gasteiger partial charge >= 0.3 is 0 Å². The van der Waals surface area contributed by atoms with E-state index in [4.69, 9.17) is 14.7 Å². The topological polar surface area (TPSA) is 146 Å². The van der Waals surface area contributed by atoms with Gasteiger partial charge in [0.05, 0.1) is 19.8 Å². The largest absolute Gasteiger partial charge is 0.494 e. The molecule has 13 heteroatoms. The van der Waals surface area contributed by atoms with Gasteiger partial charge in [-0.1, -0.05) is 6.07 Å². The molecule has 0 saturated carbocycles. The van der Waals surface area contributed by atoms with Gasteiger partial charge in [-0.15, -0.1) is 10.2 Å². The number of methoxy groups -OCH3 is 2. The zero-order chi connectivity index (χ0) is 28.4. The van der Waals surface area contributed by atoms with Crippen LogP contribution in [0.2, 0.25) is 0 Å². The van der Waals surface area contributed by atoms with Gasteiger partial charge in [0.15, 0.2) is 33.0 Å². The third kappa shape index (κ3) is 5.28. The fraction of sp³-hybridized carbons (Fsp3) is 0.308. The number of ether oxygens (including phenoxy) is 2. The van der Waals surface area contributed by atoms with Crippen molar-refractivity contribution in [1.82, 2.24) is 29.7 Å². The highest BCUT2D eigenvalue weighted by Crippen LogP contribution is 2.38. The average molecular weight is 552 g/mol. The summed E-state index contributed by atoms with van der Waals surface area (Å²) >= 11 is 0. The minimum atomic E-state index is -4.22. The van der Waals surface area contributed by atoms with E-state index < -0.39 is 26.5 Å². The Bertz CT molecular complexity index is 1630. The molecule has 0 unspecified atom stereocenters. The molecule has 11 nitrogen and oxygen atoms in total. The van der Waals surface area contributed by atoms with Crippen molar-refractivity contribution in [2.24, 2.45) is 0 Å². The van der Waals surface area contributed by atoms with Gasteiger partial charge < -0.3 is 9.47 Å². The molecule has 202 valence electrons. The molecule has 39 heavy (non-hydrogen) atoms. The van der Waals surface area contributed by atoms with Gasteiger partial charge in [-0.05, 0) is 44.5 Å². The number of hydrogen-bond acceptors (Lipinski definition) is 10. The summed E-state index contributed by atoms with van der Waals surface area (Å²) in [5.74, 6) is 0.0465. The first kappa shape index (κ1) is 27.6. The smallest absolute Gasteiger partial charge is 0.183 e. The Morgan fingerprint density at radius 2 is 1.74 bits per heavy atom. The second-order valence-corrected chi connectivity index (χ2v) is 11.3. The number of alkyl halides is 1. The van der Waals surface area contributed by atoms with Crippen molar-refractivity contribution >= 4 is 9.84 Å². The Labute approximate surface area is 225 Å². The highest BCUT2D eigenvalue weighted by atomic mass is 32.2. The summed E-state index contributed by atoms with van der Waals surface area (Å²) < 4.78 is 55.9. The number of benzene rings is 1. The van der Waals surface area contributed by atoms with Gasteiger partial charge in [-0.25, -0.2) is 22.8 Å². The Kier molecular flexibility index (Phi) is 7.60. The van der Waals surface area contributed by atoms with Crippen molar-refractivity contribution in [2.75, 3.05) is 14.2 Å². The van der Waals surface area contributed by atoms with Gasteiger partial charge in [0.1, 0.15) is 34.3 Å². The van der Waals surface area contributed by atoms with Crippen molar-refractivity contribution in [2.45, 2.75) is 37.4 Å². The molecule has 3 heterocycles. The number of pyridine rings is 1. The van der Waals surface area contributed by atoms with E-state index in [1.54, 1.807) is 30.6 Å². The first-order chi connectivity index (χ1) is 18.5. The van der Waals surface area contributed by atoms with Crippen molar-refractivity contribution in [1.29, 1.82) is 5.26 Å². The first-order valence-corrected chi connectivity index (χ1v) is 13.5. The van der Waals surface area contributed by atoms with Crippen LogP contribution < -0.4 is 9.47 Å². The second kappa shape index (κ2) is 10.7. The van der Waals surface area contributed by atoms with E-state index in [0.29, 0.717) is 28.6 Å². The molecule has 0 radical (unpaired) electrons. The maximum absolute atomic E-state index is 15.9. The van der Waals surface area contributed by atoms with Crippen LogP contribution >= 0.6 is 0 Å². The molecule has 0 bridgehead atoms. The lowest BCUT2D eigenvalue weighted by Gasteiger charge is -2.26. The second-order valence-electron chi connectivity index (χ2n) is 8.97. The van der Waals surface area contributed by atoms with E-state index in [1.165, 1.54) is 25.7 Å². The summed E-state index contributed by atoms with van der Waals surface area (Å²) in [6.07, 6.45) is 5.55. The molecule has 0 amide bonds. The molecule has 0 spiro atoms.